The summed E-state index contributed by atoms with van der Waals surface area (Å²) >= 11 is 11.9. The fraction of sp³-hybridized carbons (Fsp3) is 0.0769. The second-order valence-corrected chi connectivity index (χ2v) is 4.49. The molecule has 0 unspecified atom stereocenters. The minimum Gasteiger partial charge on any atom is -0.166 e. The summed E-state index contributed by atoms with van der Waals surface area (Å²) in [5.41, 5.74) is 0.0309. The summed E-state index contributed by atoms with van der Waals surface area (Å²) in [5.74, 6) is 0. The number of halogens is 5. The van der Waals surface area contributed by atoms with Crippen molar-refractivity contribution in [1.82, 2.24) is 0 Å². The van der Waals surface area contributed by atoms with Crippen LogP contribution in [0.2, 0.25) is 10.0 Å². The van der Waals surface area contributed by atoms with Crippen molar-refractivity contribution in [3.63, 3.8) is 0 Å². The minimum atomic E-state index is -4.39. The predicted molar refractivity (Wildman–Crippen MR) is 66.9 cm³/mol. The van der Waals surface area contributed by atoms with Crippen molar-refractivity contribution < 1.29 is 13.2 Å². The summed E-state index contributed by atoms with van der Waals surface area (Å²) in [4.78, 5) is 0. The molecule has 0 aliphatic carbocycles. The van der Waals surface area contributed by atoms with Gasteiger partial charge in [-0.2, -0.15) is 13.2 Å². The van der Waals surface area contributed by atoms with Crippen LogP contribution in [0.25, 0.3) is 11.1 Å². The molecule has 0 aliphatic heterocycles. The molecule has 5 heteroatoms. The normalized spacial score (nSPS) is 11.6. The van der Waals surface area contributed by atoms with Gasteiger partial charge < -0.3 is 0 Å². The van der Waals surface area contributed by atoms with Crippen LogP contribution in [0.5, 0.6) is 0 Å². The Bertz CT molecular complexity index is 556. The maximum Gasteiger partial charge on any atom is 0.416 e. The molecule has 2 aromatic rings. The molecule has 0 saturated carbocycles. The summed E-state index contributed by atoms with van der Waals surface area (Å²) < 4.78 is 37.9. The molecule has 18 heavy (non-hydrogen) atoms. The third-order valence-electron chi connectivity index (χ3n) is 2.44. The highest BCUT2D eigenvalue weighted by Crippen LogP contribution is 2.37. The lowest BCUT2D eigenvalue weighted by atomic mass is 10.0. The fourth-order valence-electron chi connectivity index (χ4n) is 1.62. The standard InChI is InChI=1S/C13H7Cl2F3/c14-10-5-2-6-11(15)12(10)8-3-1-4-9(7-8)13(16,17)18/h1-7H. The zero-order valence-electron chi connectivity index (χ0n) is 8.93. The third-order valence-corrected chi connectivity index (χ3v) is 3.07. The summed E-state index contributed by atoms with van der Waals surface area (Å²) in [7, 11) is 0. The van der Waals surface area contributed by atoms with E-state index in [1.165, 1.54) is 6.07 Å². The average molecular weight is 291 g/mol. The van der Waals surface area contributed by atoms with Gasteiger partial charge in [0.25, 0.3) is 0 Å². The predicted octanol–water partition coefficient (Wildman–Crippen LogP) is 5.68. The van der Waals surface area contributed by atoms with Gasteiger partial charge in [-0.1, -0.05) is 41.4 Å². The van der Waals surface area contributed by atoms with Crippen LogP contribution in [0.1, 0.15) is 5.56 Å². The highest BCUT2D eigenvalue weighted by atomic mass is 35.5. The molecule has 0 atom stereocenters. The zero-order valence-corrected chi connectivity index (χ0v) is 10.4. The van der Waals surface area contributed by atoms with E-state index >= 15 is 0 Å². The van der Waals surface area contributed by atoms with Gasteiger partial charge in [0.2, 0.25) is 0 Å². The van der Waals surface area contributed by atoms with E-state index in [-0.39, 0.29) is 0 Å². The van der Waals surface area contributed by atoms with Crippen LogP contribution in [0.3, 0.4) is 0 Å². The summed E-state index contributed by atoms with van der Waals surface area (Å²) in [6.07, 6.45) is -4.39. The first kappa shape index (κ1) is 13.2. The lowest BCUT2D eigenvalue weighted by Crippen LogP contribution is -2.04. The average Bonchev–Trinajstić information content (AvgIpc) is 2.28. The molecule has 2 aromatic carbocycles. The van der Waals surface area contributed by atoms with Gasteiger partial charge in [-0.3, -0.25) is 0 Å². The molecule has 0 heterocycles. The number of benzene rings is 2. The number of alkyl halides is 3. The van der Waals surface area contributed by atoms with Crippen molar-refractivity contribution in [1.29, 1.82) is 0 Å². The molecule has 0 aromatic heterocycles. The van der Waals surface area contributed by atoms with Crippen LogP contribution in [-0.4, -0.2) is 0 Å². The lowest BCUT2D eigenvalue weighted by molar-refractivity contribution is -0.137. The smallest absolute Gasteiger partial charge is 0.166 e. The molecule has 0 radical (unpaired) electrons. The SMILES string of the molecule is FC(F)(F)c1cccc(-c2c(Cl)cccc2Cl)c1. The van der Waals surface area contributed by atoms with Crippen LogP contribution in [-0.2, 0) is 6.18 Å². The Hall–Kier alpha value is -1.19. The topological polar surface area (TPSA) is 0 Å². The zero-order chi connectivity index (χ0) is 13.3. The van der Waals surface area contributed by atoms with E-state index in [0.29, 0.717) is 21.2 Å². The van der Waals surface area contributed by atoms with E-state index in [1.54, 1.807) is 24.3 Å². The van der Waals surface area contributed by atoms with Crippen molar-refractivity contribution >= 4 is 23.2 Å². The van der Waals surface area contributed by atoms with E-state index in [4.69, 9.17) is 23.2 Å². The highest BCUT2D eigenvalue weighted by Gasteiger charge is 2.30. The van der Waals surface area contributed by atoms with Gasteiger partial charge in [0.1, 0.15) is 0 Å². The van der Waals surface area contributed by atoms with Crippen molar-refractivity contribution in [2.45, 2.75) is 6.18 Å². The molecular formula is C13H7Cl2F3. The Balaban J connectivity index is 2.59. The maximum absolute atomic E-state index is 12.6. The quantitative estimate of drug-likeness (QED) is 0.634. The van der Waals surface area contributed by atoms with E-state index in [2.05, 4.69) is 0 Å². The Morgan fingerprint density at radius 1 is 0.833 bits per heavy atom. The first-order valence-electron chi connectivity index (χ1n) is 5.01. The Labute approximate surface area is 112 Å². The van der Waals surface area contributed by atoms with Crippen LogP contribution >= 0.6 is 23.2 Å². The first-order chi connectivity index (χ1) is 8.39. The van der Waals surface area contributed by atoms with Gasteiger partial charge in [-0.15, -0.1) is 0 Å². The van der Waals surface area contributed by atoms with E-state index in [9.17, 15) is 13.2 Å². The molecule has 2 rings (SSSR count). The second-order valence-electron chi connectivity index (χ2n) is 3.68. The third kappa shape index (κ3) is 2.62. The molecule has 0 N–H and O–H groups in total. The molecule has 0 fully saturated rings. The Kier molecular flexibility index (Phi) is 3.55. The number of hydrogen-bond acceptors (Lipinski definition) is 0. The summed E-state index contributed by atoms with van der Waals surface area (Å²) in [6, 6.07) is 9.73. The molecule has 0 aliphatic rings. The van der Waals surface area contributed by atoms with Crippen molar-refractivity contribution in [2.75, 3.05) is 0 Å². The molecule has 94 valence electrons. The van der Waals surface area contributed by atoms with E-state index < -0.39 is 11.7 Å². The van der Waals surface area contributed by atoms with Gasteiger partial charge in [0, 0.05) is 15.6 Å². The Morgan fingerprint density at radius 3 is 1.94 bits per heavy atom. The van der Waals surface area contributed by atoms with Crippen LogP contribution < -0.4 is 0 Å². The fourth-order valence-corrected chi connectivity index (χ4v) is 2.24. The van der Waals surface area contributed by atoms with Gasteiger partial charge >= 0.3 is 6.18 Å². The van der Waals surface area contributed by atoms with Crippen molar-refractivity contribution in [3.05, 3.63) is 58.1 Å². The highest BCUT2D eigenvalue weighted by molar-refractivity contribution is 6.39. The molecule has 0 bridgehead atoms. The van der Waals surface area contributed by atoms with Crippen LogP contribution in [0.15, 0.2) is 42.5 Å². The van der Waals surface area contributed by atoms with Gasteiger partial charge in [0.15, 0.2) is 0 Å². The monoisotopic (exact) mass is 290 g/mol. The molecule has 0 saturated heterocycles. The molecule has 0 spiro atoms. The molecule has 0 nitrogen and oxygen atoms in total. The lowest BCUT2D eigenvalue weighted by Gasteiger charge is -2.11. The van der Waals surface area contributed by atoms with Crippen LogP contribution in [0, 0.1) is 0 Å². The van der Waals surface area contributed by atoms with Crippen LogP contribution in [0.4, 0.5) is 13.2 Å². The van der Waals surface area contributed by atoms with E-state index in [0.717, 1.165) is 12.1 Å². The largest absolute Gasteiger partial charge is 0.416 e. The summed E-state index contributed by atoms with van der Waals surface area (Å²) in [5, 5.41) is 0.642. The number of hydrogen-bond donors (Lipinski definition) is 0. The van der Waals surface area contributed by atoms with Gasteiger partial charge in [-0.05, 0) is 29.8 Å². The van der Waals surface area contributed by atoms with E-state index in [1.807, 2.05) is 0 Å². The molecular weight excluding hydrogens is 284 g/mol. The first-order valence-corrected chi connectivity index (χ1v) is 5.77. The van der Waals surface area contributed by atoms with Gasteiger partial charge in [0.05, 0.1) is 5.56 Å². The maximum atomic E-state index is 12.6. The number of rotatable bonds is 1. The summed E-state index contributed by atoms with van der Waals surface area (Å²) in [6.45, 7) is 0. The van der Waals surface area contributed by atoms with Crippen molar-refractivity contribution in [2.24, 2.45) is 0 Å². The van der Waals surface area contributed by atoms with Crippen molar-refractivity contribution in [3.8, 4) is 11.1 Å². The van der Waals surface area contributed by atoms with Gasteiger partial charge in [-0.25, -0.2) is 0 Å². The Morgan fingerprint density at radius 2 is 1.39 bits per heavy atom. The second kappa shape index (κ2) is 4.82. The molecule has 0 amide bonds. The minimum absolute atomic E-state index is 0.321.